The molecule has 3 aromatic rings. The normalized spacial score (nSPS) is 11.0. The number of rotatable bonds is 4. The fourth-order valence-corrected chi connectivity index (χ4v) is 2.84. The van der Waals surface area contributed by atoms with E-state index in [0.29, 0.717) is 0 Å². The standard InChI is InChI=1S/C18H21N5O/c1-12-10-14(3)22(20-12)18(23-15(4)11-13(2)21-23)17(24)19-16-8-6-5-7-9-16/h5-11,18H,1-4H3,(H,19,24). The average molecular weight is 323 g/mol. The van der Waals surface area contributed by atoms with Gasteiger partial charge < -0.3 is 5.32 Å². The van der Waals surface area contributed by atoms with Crippen molar-refractivity contribution in [1.29, 1.82) is 0 Å². The third kappa shape index (κ3) is 3.08. The fourth-order valence-electron chi connectivity index (χ4n) is 2.84. The molecular weight excluding hydrogens is 302 g/mol. The molecule has 0 aliphatic heterocycles. The number of hydrogen-bond acceptors (Lipinski definition) is 3. The van der Waals surface area contributed by atoms with E-state index < -0.39 is 6.17 Å². The number of aryl methyl sites for hydroxylation is 4. The molecule has 0 fully saturated rings. The summed E-state index contributed by atoms with van der Waals surface area (Å²) in [6, 6.07) is 13.3. The zero-order valence-corrected chi connectivity index (χ0v) is 14.3. The first kappa shape index (κ1) is 16.0. The number of carbonyl (C=O) groups is 1. The van der Waals surface area contributed by atoms with Gasteiger partial charge in [0.15, 0.2) is 0 Å². The number of carbonyl (C=O) groups excluding carboxylic acids is 1. The molecule has 2 heterocycles. The van der Waals surface area contributed by atoms with Crippen molar-refractivity contribution >= 4 is 11.6 Å². The Kier molecular flexibility index (Phi) is 4.20. The van der Waals surface area contributed by atoms with E-state index in [2.05, 4.69) is 15.5 Å². The van der Waals surface area contributed by atoms with E-state index in [1.54, 1.807) is 9.36 Å². The number of benzene rings is 1. The van der Waals surface area contributed by atoms with Crippen molar-refractivity contribution in [2.75, 3.05) is 5.32 Å². The maximum absolute atomic E-state index is 13.0. The molecule has 0 aliphatic rings. The van der Waals surface area contributed by atoms with Crippen LogP contribution in [0.15, 0.2) is 42.5 Å². The van der Waals surface area contributed by atoms with Gasteiger partial charge >= 0.3 is 0 Å². The lowest BCUT2D eigenvalue weighted by molar-refractivity contribution is -0.120. The van der Waals surface area contributed by atoms with E-state index in [9.17, 15) is 4.79 Å². The van der Waals surface area contributed by atoms with E-state index in [1.165, 1.54) is 0 Å². The molecule has 24 heavy (non-hydrogen) atoms. The Morgan fingerprint density at radius 1 is 0.917 bits per heavy atom. The van der Waals surface area contributed by atoms with Crippen LogP contribution >= 0.6 is 0 Å². The summed E-state index contributed by atoms with van der Waals surface area (Å²) in [5.74, 6) is -0.182. The van der Waals surface area contributed by atoms with E-state index in [4.69, 9.17) is 0 Å². The van der Waals surface area contributed by atoms with Crippen molar-refractivity contribution < 1.29 is 4.79 Å². The van der Waals surface area contributed by atoms with E-state index in [-0.39, 0.29) is 5.91 Å². The summed E-state index contributed by atoms with van der Waals surface area (Å²) in [5.41, 5.74) is 4.30. The second kappa shape index (κ2) is 6.31. The highest BCUT2D eigenvalue weighted by Crippen LogP contribution is 2.19. The molecule has 1 aromatic carbocycles. The van der Waals surface area contributed by atoms with Gasteiger partial charge in [0.25, 0.3) is 5.91 Å². The van der Waals surface area contributed by atoms with Crippen molar-refractivity contribution in [2.45, 2.75) is 33.9 Å². The summed E-state index contributed by atoms with van der Waals surface area (Å²) in [5, 5.41) is 11.9. The highest BCUT2D eigenvalue weighted by Gasteiger charge is 2.27. The van der Waals surface area contributed by atoms with Crippen molar-refractivity contribution in [3.63, 3.8) is 0 Å². The van der Waals surface area contributed by atoms with Gasteiger partial charge in [-0.1, -0.05) is 18.2 Å². The zero-order valence-electron chi connectivity index (χ0n) is 14.3. The minimum Gasteiger partial charge on any atom is -0.323 e. The third-order valence-electron chi connectivity index (χ3n) is 3.83. The number of aromatic nitrogens is 4. The van der Waals surface area contributed by atoms with Crippen LogP contribution in [0.1, 0.15) is 28.9 Å². The predicted molar refractivity (Wildman–Crippen MR) is 92.9 cm³/mol. The lowest BCUT2D eigenvalue weighted by atomic mass is 10.3. The van der Waals surface area contributed by atoms with Crippen molar-refractivity contribution in [3.8, 4) is 0 Å². The van der Waals surface area contributed by atoms with Gasteiger partial charge in [-0.15, -0.1) is 0 Å². The van der Waals surface area contributed by atoms with Crippen LogP contribution in [0.2, 0.25) is 0 Å². The van der Waals surface area contributed by atoms with Crippen molar-refractivity contribution in [3.05, 3.63) is 65.2 Å². The number of hydrogen-bond donors (Lipinski definition) is 1. The number of nitrogens with zero attached hydrogens (tertiary/aromatic N) is 4. The maximum Gasteiger partial charge on any atom is 0.271 e. The van der Waals surface area contributed by atoms with Crippen LogP contribution < -0.4 is 5.32 Å². The smallest absolute Gasteiger partial charge is 0.271 e. The molecule has 1 N–H and O–H groups in total. The number of para-hydroxylation sites is 1. The van der Waals surface area contributed by atoms with Crippen LogP contribution in [-0.2, 0) is 4.79 Å². The third-order valence-corrected chi connectivity index (χ3v) is 3.83. The van der Waals surface area contributed by atoms with Crippen molar-refractivity contribution in [2.24, 2.45) is 0 Å². The van der Waals surface area contributed by atoms with Gasteiger partial charge in [0, 0.05) is 17.1 Å². The molecule has 0 saturated heterocycles. The Hall–Kier alpha value is -2.89. The molecule has 0 saturated carbocycles. The van der Waals surface area contributed by atoms with Gasteiger partial charge in [0.05, 0.1) is 11.4 Å². The molecule has 0 unspecified atom stereocenters. The molecule has 0 aliphatic carbocycles. The molecular formula is C18H21N5O. The van der Waals surface area contributed by atoms with Gasteiger partial charge in [0.2, 0.25) is 6.17 Å². The summed E-state index contributed by atoms with van der Waals surface area (Å²) in [4.78, 5) is 13.0. The molecule has 3 rings (SSSR count). The Morgan fingerprint density at radius 3 is 1.83 bits per heavy atom. The van der Waals surface area contributed by atoms with E-state index in [0.717, 1.165) is 28.5 Å². The van der Waals surface area contributed by atoms with Crippen LogP contribution in [0.3, 0.4) is 0 Å². The largest absolute Gasteiger partial charge is 0.323 e. The molecule has 0 bridgehead atoms. The van der Waals surface area contributed by atoms with E-state index in [1.807, 2.05) is 70.2 Å². The molecule has 1 amide bonds. The Morgan fingerprint density at radius 2 is 1.42 bits per heavy atom. The van der Waals surface area contributed by atoms with E-state index >= 15 is 0 Å². The first-order valence-electron chi connectivity index (χ1n) is 7.87. The Bertz CT molecular complexity index is 817. The number of anilines is 1. The Labute approximate surface area is 141 Å². The predicted octanol–water partition coefficient (Wildman–Crippen LogP) is 3.00. The van der Waals surface area contributed by atoms with Crippen molar-refractivity contribution in [1.82, 2.24) is 19.6 Å². The zero-order chi connectivity index (χ0) is 17.3. The second-order valence-corrected chi connectivity index (χ2v) is 5.97. The quantitative estimate of drug-likeness (QED) is 0.803. The summed E-state index contributed by atoms with van der Waals surface area (Å²) in [6.45, 7) is 7.71. The SMILES string of the molecule is Cc1cc(C)n(C(C(=O)Nc2ccccc2)n2nc(C)cc2C)n1. The first-order valence-corrected chi connectivity index (χ1v) is 7.87. The molecule has 0 atom stereocenters. The van der Waals surface area contributed by atoms with Crippen LogP contribution in [0.5, 0.6) is 0 Å². The van der Waals surface area contributed by atoms with Gasteiger partial charge in [0.1, 0.15) is 0 Å². The van der Waals surface area contributed by atoms with Crippen LogP contribution in [-0.4, -0.2) is 25.5 Å². The van der Waals surface area contributed by atoms with Gasteiger partial charge in [-0.2, -0.15) is 10.2 Å². The lowest BCUT2D eigenvalue weighted by Crippen LogP contribution is -2.34. The topological polar surface area (TPSA) is 64.7 Å². The summed E-state index contributed by atoms with van der Waals surface area (Å²) < 4.78 is 3.43. The molecule has 0 spiro atoms. The summed E-state index contributed by atoms with van der Waals surface area (Å²) in [7, 11) is 0. The van der Waals surface area contributed by atoms with Crippen LogP contribution in [0.25, 0.3) is 0 Å². The number of amides is 1. The Balaban J connectivity index is 2.03. The van der Waals surface area contributed by atoms with Crippen LogP contribution in [0.4, 0.5) is 5.69 Å². The molecule has 2 aromatic heterocycles. The molecule has 6 heteroatoms. The highest BCUT2D eigenvalue weighted by molar-refractivity contribution is 5.93. The lowest BCUT2D eigenvalue weighted by Gasteiger charge is -2.21. The fraction of sp³-hybridized carbons (Fsp3) is 0.278. The van der Waals surface area contributed by atoms with Gasteiger partial charge in [-0.05, 0) is 52.0 Å². The minimum absolute atomic E-state index is 0.182. The highest BCUT2D eigenvalue weighted by atomic mass is 16.2. The average Bonchev–Trinajstić information content (AvgIpc) is 3.02. The number of nitrogens with one attached hydrogen (secondary N) is 1. The van der Waals surface area contributed by atoms with Crippen LogP contribution in [0, 0.1) is 27.7 Å². The summed E-state index contributed by atoms with van der Waals surface area (Å²) >= 11 is 0. The molecule has 6 nitrogen and oxygen atoms in total. The summed E-state index contributed by atoms with van der Waals surface area (Å²) in [6.07, 6.45) is -0.674. The van der Waals surface area contributed by atoms with Gasteiger partial charge in [-0.3, -0.25) is 4.79 Å². The maximum atomic E-state index is 13.0. The second-order valence-electron chi connectivity index (χ2n) is 5.97. The molecule has 124 valence electrons. The van der Waals surface area contributed by atoms with Gasteiger partial charge in [-0.25, -0.2) is 9.36 Å². The molecule has 0 radical (unpaired) electrons. The monoisotopic (exact) mass is 323 g/mol. The first-order chi connectivity index (χ1) is 11.5. The minimum atomic E-state index is -0.674.